The first-order chi connectivity index (χ1) is 19.6. The second-order valence-corrected chi connectivity index (χ2v) is 12.2. The number of nitrogens with one attached hydrogen (secondary N) is 1. The minimum Gasteiger partial charge on any atom is -0.333 e. The highest BCUT2D eigenvalue weighted by Gasteiger charge is 2.41. The number of fused-ring (bicyclic) bond motifs is 2. The lowest BCUT2D eigenvalue weighted by Crippen LogP contribution is -2.60. The number of aromatic nitrogens is 1. The first kappa shape index (κ1) is 32.8. The van der Waals surface area contributed by atoms with Crippen LogP contribution in [0.25, 0.3) is 0 Å². The quantitative estimate of drug-likeness (QED) is 0.426. The van der Waals surface area contributed by atoms with Gasteiger partial charge in [0.15, 0.2) is 0 Å². The van der Waals surface area contributed by atoms with E-state index in [9.17, 15) is 18.4 Å². The average Bonchev–Trinajstić information content (AvgIpc) is 3.39. The Morgan fingerprint density at radius 3 is 2.63 bits per heavy atom. The number of halogens is 4. The van der Waals surface area contributed by atoms with Crippen LogP contribution in [-0.4, -0.2) is 71.4 Å². The van der Waals surface area contributed by atoms with Crippen LogP contribution in [0.4, 0.5) is 14.5 Å². The lowest BCUT2D eigenvalue weighted by molar-refractivity contribution is -0.120. The first-order valence-electron chi connectivity index (χ1n) is 14.2. The topological polar surface area (TPSA) is 68.8 Å². The van der Waals surface area contributed by atoms with E-state index in [4.69, 9.17) is 4.98 Å². The summed E-state index contributed by atoms with van der Waals surface area (Å²) in [5.74, 6) is -1.20. The number of piperazine rings is 1. The van der Waals surface area contributed by atoms with E-state index in [2.05, 4.69) is 31.0 Å². The van der Waals surface area contributed by atoms with E-state index in [1.54, 1.807) is 11.1 Å². The third-order valence-electron chi connectivity index (χ3n) is 8.51. The largest absolute Gasteiger partial charge is 0.333 e. The molecular weight excluding hydrogens is 595 g/mol. The molecule has 3 aromatic rings. The van der Waals surface area contributed by atoms with Crippen LogP contribution in [0.2, 0.25) is 0 Å². The van der Waals surface area contributed by atoms with Gasteiger partial charge >= 0.3 is 0 Å². The summed E-state index contributed by atoms with van der Waals surface area (Å²) in [6.45, 7) is 9.45. The third kappa shape index (κ3) is 6.55. The zero-order chi connectivity index (χ0) is 28.9. The van der Waals surface area contributed by atoms with Crippen molar-refractivity contribution in [2.24, 2.45) is 0 Å². The van der Waals surface area contributed by atoms with Gasteiger partial charge in [-0.15, -0.1) is 24.8 Å². The highest BCUT2D eigenvalue weighted by atomic mass is 35.5. The van der Waals surface area contributed by atoms with Gasteiger partial charge in [0.2, 0.25) is 5.91 Å². The standard InChI is InChI=1S/C32H35F2N5O2.2ClH/c1-20-15-37(25(14-35-20)17-38-16-23-6-4-5-7-26(23)31(38)41)18-29(40)39-19-32(2,3)30-28(39)11-21(13-36-30)10-22-8-9-24(33)12-27(22)34;;/h4-9,11-13,20,25,35H,10,14-19H2,1-3H3;2*1H/t20-,25-;;/m1../s1. The van der Waals surface area contributed by atoms with E-state index >= 15 is 0 Å². The smallest absolute Gasteiger partial charge is 0.254 e. The number of nitrogens with zero attached hydrogens (tertiary/aromatic N) is 4. The maximum Gasteiger partial charge on any atom is 0.254 e. The molecule has 2 amide bonds. The van der Waals surface area contributed by atoms with Crippen LogP contribution >= 0.6 is 24.8 Å². The Morgan fingerprint density at radius 1 is 1.12 bits per heavy atom. The summed E-state index contributed by atoms with van der Waals surface area (Å²) in [4.78, 5) is 37.5. The van der Waals surface area contributed by atoms with Crippen molar-refractivity contribution in [1.29, 1.82) is 0 Å². The molecule has 1 aromatic heterocycles. The lowest BCUT2D eigenvalue weighted by atomic mass is 9.91. The molecule has 6 rings (SSSR count). The number of rotatable bonds is 6. The minimum absolute atomic E-state index is 0. The fraction of sp³-hybridized carbons (Fsp3) is 0.406. The monoisotopic (exact) mass is 631 g/mol. The first-order valence-corrected chi connectivity index (χ1v) is 14.2. The van der Waals surface area contributed by atoms with Crippen LogP contribution in [0, 0.1) is 11.6 Å². The molecule has 0 saturated carbocycles. The van der Waals surface area contributed by atoms with E-state index in [0.29, 0.717) is 38.3 Å². The van der Waals surface area contributed by atoms with Crippen molar-refractivity contribution >= 4 is 42.3 Å². The number of hydrogen-bond acceptors (Lipinski definition) is 5. The van der Waals surface area contributed by atoms with Crippen molar-refractivity contribution in [3.05, 3.63) is 94.3 Å². The zero-order valence-electron chi connectivity index (χ0n) is 24.5. The molecule has 1 fully saturated rings. The van der Waals surface area contributed by atoms with Crippen LogP contribution in [0.15, 0.2) is 54.7 Å². The second-order valence-electron chi connectivity index (χ2n) is 12.2. The molecule has 1 saturated heterocycles. The van der Waals surface area contributed by atoms with Crippen molar-refractivity contribution in [3.8, 4) is 0 Å². The fourth-order valence-electron chi connectivity index (χ4n) is 6.36. The number of anilines is 1. The number of carbonyl (C=O) groups is 2. The van der Waals surface area contributed by atoms with Crippen molar-refractivity contribution < 1.29 is 18.4 Å². The Morgan fingerprint density at radius 2 is 1.88 bits per heavy atom. The Bertz CT molecular complexity index is 1520. The molecule has 0 unspecified atom stereocenters. The molecule has 3 aliphatic rings. The SMILES string of the molecule is C[C@@H]1CN(CC(=O)N2CC(C)(C)c3ncc(Cc4ccc(F)cc4F)cc32)[C@@H](CN2Cc3ccccc3C2=O)CN1.Cl.Cl. The highest BCUT2D eigenvalue weighted by Crippen LogP contribution is 2.40. The van der Waals surface area contributed by atoms with E-state index in [1.165, 1.54) is 12.1 Å². The molecule has 7 nitrogen and oxygen atoms in total. The molecule has 0 aliphatic carbocycles. The summed E-state index contributed by atoms with van der Waals surface area (Å²) in [6, 6.07) is 13.4. The van der Waals surface area contributed by atoms with Crippen molar-refractivity contribution in [2.75, 3.05) is 37.6 Å². The van der Waals surface area contributed by atoms with Gasteiger partial charge in [0.05, 0.1) is 17.9 Å². The summed E-state index contributed by atoms with van der Waals surface area (Å²) < 4.78 is 27.8. The Kier molecular flexibility index (Phi) is 9.81. The molecule has 43 heavy (non-hydrogen) atoms. The van der Waals surface area contributed by atoms with Gasteiger partial charge in [-0.1, -0.05) is 38.1 Å². The van der Waals surface area contributed by atoms with Crippen LogP contribution < -0.4 is 10.2 Å². The molecule has 11 heteroatoms. The van der Waals surface area contributed by atoms with E-state index < -0.39 is 11.6 Å². The van der Waals surface area contributed by atoms with Gasteiger partial charge in [-0.05, 0) is 41.8 Å². The molecule has 0 spiro atoms. The van der Waals surface area contributed by atoms with E-state index in [-0.39, 0.29) is 67.1 Å². The van der Waals surface area contributed by atoms with Crippen LogP contribution in [0.1, 0.15) is 53.5 Å². The molecule has 0 bridgehead atoms. The zero-order valence-corrected chi connectivity index (χ0v) is 26.1. The molecule has 4 heterocycles. The van der Waals surface area contributed by atoms with Crippen molar-refractivity contribution in [3.63, 3.8) is 0 Å². The van der Waals surface area contributed by atoms with Crippen LogP contribution in [0.5, 0.6) is 0 Å². The molecule has 1 N–H and O–H groups in total. The molecule has 230 valence electrons. The number of hydrogen-bond donors (Lipinski definition) is 1. The Hall–Kier alpha value is -3.11. The predicted octanol–water partition coefficient (Wildman–Crippen LogP) is 4.74. The molecule has 2 atom stereocenters. The van der Waals surface area contributed by atoms with E-state index in [1.807, 2.05) is 35.2 Å². The van der Waals surface area contributed by atoms with Gasteiger partial charge in [-0.25, -0.2) is 8.78 Å². The average molecular weight is 633 g/mol. The normalized spacial score (nSPS) is 20.7. The summed E-state index contributed by atoms with van der Waals surface area (Å²) in [5.41, 5.74) is 4.16. The predicted molar refractivity (Wildman–Crippen MR) is 167 cm³/mol. The summed E-state index contributed by atoms with van der Waals surface area (Å²) in [6.07, 6.45) is 1.97. The Balaban J connectivity index is 0.00000212. The molecule has 2 aromatic carbocycles. The molecule has 3 aliphatic heterocycles. The molecular formula is C32H37Cl2F2N5O2. The second kappa shape index (κ2) is 12.9. The van der Waals surface area contributed by atoms with Crippen LogP contribution in [0.3, 0.4) is 0 Å². The number of amides is 2. The van der Waals surface area contributed by atoms with Gasteiger partial charge in [0.25, 0.3) is 5.91 Å². The minimum atomic E-state index is -0.615. The van der Waals surface area contributed by atoms with E-state index in [0.717, 1.165) is 34.1 Å². The number of carbonyl (C=O) groups excluding carboxylic acids is 2. The molecule has 0 radical (unpaired) electrons. The number of benzene rings is 2. The van der Waals surface area contributed by atoms with Gasteiger partial charge in [-0.2, -0.15) is 0 Å². The van der Waals surface area contributed by atoms with Gasteiger partial charge in [0, 0.05) is 74.5 Å². The maximum atomic E-state index is 14.4. The number of pyridine rings is 1. The Labute approximate surface area is 263 Å². The maximum absolute atomic E-state index is 14.4. The van der Waals surface area contributed by atoms with Crippen LogP contribution in [-0.2, 0) is 23.2 Å². The van der Waals surface area contributed by atoms with Crippen molar-refractivity contribution in [1.82, 2.24) is 20.1 Å². The lowest BCUT2D eigenvalue weighted by Gasteiger charge is -2.41. The van der Waals surface area contributed by atoms with Crippen molar-refractivity contribution in [2.45, 2.75) is 51.2 Å². The van der Waals surface area contributed by atoms with Gasteiger partial charge in [0.1, 0.15) is 11.6 Å². The van der Waals surface area contributed by atoms with Gasteiger partial charge < -0.3 is 15.1 Å². The van der Waals surface area contributed by atoms with Gasteiger partial charge in [-0.3, -0.25) is 19.5 Å². The third-order valence-corrected chi connectivity index (χ3v) is 8.51. The summed E-state index contributed by atoms with van der Waals surface area (Å²) >= 11 is 0. The summed E-state index contributed by atoms with van der Waals surface area (Å²) in [5, 5.41) is 3.51. The summed E-state index contributed by atoms with van der Waals surface area (Å²) in [7, 11) is 0. The highest BCUT2D eigenvalue weighted by molar-refractivity contribution is 5.98. The fourth-order valence-corrected chi connectivity index (χ4v) is 6.36.